The second kappa shape index (κ2) is 9.10. The second-order valence-electron chi connectivity index (χ2n) is 12.0. The van der Waals surface area contributed by atoms with Crippen molar-refractivity contribution >= 4 is 16.8 Å². The lowest BCUT2D eigenvalue weighted by Crippen LogP contribution is -2.52. The number of fused-ring (bicyclic) bond motifs is 4. The summed E-state index contributed by atoms with van der Waals surface area (Å²) in [6, 6.07) is 11.2. The van der Waals surface area contributed by atoms with Crippen molar-refractivity contribution in [3.8, 4) is 0 Å². The molecule has 0 radical (unpaired) electrons. The van der Waals surface area contributed by atoms with Gasteiger partial charge in [-0.15, -0.1) is 0 Å². The highest BCUT2D eigenvalue weighted by molar-refractivity contribution is 5.98. The second-order valence-corrected chi connectivity index (χ2v) is 12.0. The fraction of sp³-hybridized carbons (Fsp3) is 0.679. The van der Waals surface area contributed by atoms with Gasteiger partial charge in [-0.05, 0) is 44.9 Å². The van der Waals surface area contributed by atoms with Crippen molar-refractivity contribution < 1.29 is 4.79 Å². The average Bonchev–Trinajstić information content (AvgIpc) is 3.47. The van der Waals surface area contributed by atoms with Gasteiger partial charge in [0.2, 0.25) is 0 Å². The number of likely N-dealkylation sites (N-methyl/N-ethyl adjacent to an activating group) is 1. The number of carbonyl (C=O) groups is 1. The summed E-state index contributed by atoms with van der Waals surface area (Å²) in [6.45, 7) is 11.1. The molecule has 5 aliphatic rings. The number of H-pyrrole nitrogens is 1. The molecule has 5 heterocycles. The molecule has 2 aromatic rings. The van der Waals surface area contributed by atoms with E-state index in [9.17, 15) is 4.79 Å². The summed E-state index contributed by atoms with van der Waals surface area (Å²) in [5.41, 5.74) is 6.10. The Morgan fingerprint density at radius 3 is 2.64 bits per heavy atom. The topological polar surface area (TPSA) is 61.1 Å². The third-order valence-electron chi connectivity index (χ3n) is 9.94. The van der Waals surface area contributed by atoms with Crippen LogP contribution in [0.5, 0.6) is 0 Å². The number of para-hydroxylation sites is 1. The number of hydrogen-bond acceptors (Lipinski definition) is 6. The lowest BCUT2D eigenvalue weighted by molar-refractivity contribution is 0.0612. The molecule has 1 saturated carbocycles. The Bertz CT molecular complexity index is 1070. The van der Waals surface area contributed by atoms with Crippen LogP contribution in [-0.4, -0.2) is 126 Å². The van der Waals surface area contributed by atoms with E-state index in [-0.39, 0.29) is 5.91 Å². The van der Waals surface area contributed by atoms with Gasteiger partial charge in [-0.1, -0.05) is 18.2 Å². The smallest absolute Gasteiger partial charge is 0.270 e. The van der Waals surface area contributed by atoms with Gasteiger partial charge >= 0.3 is 0 Å². The Labute approximate surface area is 214 Å². The molecule has 1 spiro atoms. The van der Waals surface area contributed by atoms with Crippen LogP contribution in [0.25, 0.3) is 10.9 Å². The summed E-state index contributed by atoms with van der Waals surface area (Å²) < 4.78 is 0. The van der Waals surface area contributed by atoms with Crippen LogP contribution in [0.15, 0.2) is 30.3 Å². The van der Waals surface area contributed by atoms with Gasteiger partial charge in [0.05, 0.1) is 0 Å². The van der Waals surface area contributed by atoms with E-state index in [1.54, 1.807) is 0 Å². The summed E-state index contributed by atoms with van der Waals surface area (Å²) in [6.07, 6.45) is 5.03. The number of piperazine rings is 1. The number of nitrogens with zero attached hydrogens (tertiary/aromatic N) is 5. The predicted octanol–water partition coefficient (Wildman–Crippen LogP) is 1.67. The molecule has 3 atom stereocenters. The highest BCUT2D eigenvalue weighted by atomic mass is 16.2. The van der Waals surface area contributed by atoms with Gasteiger partial charge in [0.25, 0.3) is 5.91 Å². The number of likely N-dealkylation sites (tertiary alicyclic amines) is 1. The van der Waals surface area contributed by atoms with Crippen LogP contribution in [0, 0.1) is 5.92 Å². The standard InChI is InChI=1S/C28H41N7O/c1-31-12-14-32(15-13-31)16-17-34-20-26-22-19-33(27(36)25-18-21-4-2-3-5-23(21)29-25)10-6-24(22)30-35(26)11-9-28(34)7-8-28/h2-5,18,22,24,26,29-30H,6-17,19-20H2,1H3. The SMILES string of the molecule is CN1CCN(CCN2CC3C4CN(C(=O)c5cc6ccccc6[nH]5)CCC4NN3CCC23CC3)CC1. The van der Waals surface area contributed by atoms with E-state index in [0.717, 1.165) is 49.2 Å². The third-order valence-corrected chi connectivity index (χ3v) is 9.94. The summed E-state index contributed by atoms with van der Waals surface area (Å²) in [5, 5.41) is 3.68. The van der Waals surface area contributed by atoms with Crippen molar-refractivity contribution in [3.05, 3.63) is 36.0 Å². The molecule has 36 heavy (non-hydrogen) atoms. The van der Waals surface area contributed by atoms with Crippen LogP contribution >= 0.6 is 0 Å². The Balaban J connectivity index is 1.05. The van der Waals surface area contributed by atoms with Crippen molar-refractivity contribution in [2.75, 3.05) is 72.5 Å². The minimum Gasteiger partial charge on any atom is -0.351 e. The number of piperidine rings is 1. The maximum atomic E-state index is 13.5. The molecule has 3 unspecified atom stereocenters. The molecule has 1 aliphatic carbocycles. The van der Waals surface area contributed by atoms with Crippen LogP contribution in [-0.2, 0) is 0 Å². The molecule has 7 rings (SSSR count). The first kappa shape index (κ1) is 23.2. The van der Waals surface area contributed by atoms with Crippen LogP contribution < -0.4 is 5.43 Å². The van der Waals surface area contributed by atoms with Gasteiger partial charge in [-0.3, -0.25) is 20.0 Å². The van der Waals surface area contributed by atoms with Crippen LogP contribution in [0.3, 0.4) is 0 Å². The maximum Gasteiger partial charge on any atom is 0.270 e. The fourth-order valence-electron chi connectivity index (χ4n) is 7.36. The first-order chi connectivity index (χ1) is 17.6. The maximum absolute atomic E-state index is 13.5. The minimum absolute atomic E-state index is 0.155. The lowest BCUT2D eigenvalue weighted by atomic mass is 9.87. The summed E-state index contributed by atoms with van der Waals surface area (Å²) in [7, 11) is 2.24. The van der Waals surface area contributed by atoms with Crippen LogP contribution in [0.1, 0.15) is 36.2 Å². The minimum atomic E-state index is 0.155. The summed E-state index contributed by atoms with van der Waals surface area (Å²) in [5.74, 6) is 0.648. The number of hydrogen-bond donors (Lipinski definition) is 2. The molecule has 5 fully saturated rings. The zero-order valence-electron chi connectivity index (χ0n) is 21.7. The molecule has 8 nitrogen and oxygen atoms in total. The van der Waals surface area contributed by atoms with Gasteiger partial charge in [0.1, 0.15) is 5.69 Å². The van der Waals surface area contributed by atoms with E-state index in [2.05, 4.69) is 48.1 Å². The zero-order chi connectivity index (χ0) is 24.3. The van der Waals surface area contributed by atoms with Crippen molar-refractivity contribution in [1.82, 2.24) is 35.0 Å². The molecule has 1 aromatic carbocycles. The van der Waals surface area contributed by atoms with Gasteiger partial charge in [0, 0.05) is 99.9 Å². The van der Waals surface area contributed by atoms with Gasteiger partial charge in [0.15, 0.2) is 0 Å². The Morgan fingerprint density at radius 2 is 1.83 bits per heavy atom. The van der Waals surface area contributed by atoms with Crippen molar-refractivity contribution in [2.45, 2.75) is 43.3 Å². The first-order valence-electron chi connectivity index (χ1n) is 14.1. The molecular formula is C28H41N7O. The quantitative estimate of drug-likeness (QED) is 0.679. The third kappa shape index (κ3) is 4.17. The highest BCUT2D eigenvalue weighted by Gasteiger charge is 2.54. The van der Waals surface area contributed by atoms with Gasteiger partial charge in [-0.25, -0.2) is 5.01 Å². The molecule has 0 bridgehead atoms. The number of aromatic nitrogens is 1. The molecule has 4 saturated heterocycles. The number of amides is 1. The molecule has 8 heteroatoms. The van der Waals surface area contributed by atoms with E-state index >= 15 is 0 Å². The van der Waals surface area contributed by atoms with E-state index < -0.39 is 0 Å². The normalized spacial score (nSPS) is 31.5. The number of aromatic amines is 1. The summed E-state index contributed by atoms with van der Waals surface area (Å²) in [4.78, 5) is 26.9. The number of carbonyl (C=O) groups excluding carboxylic acids is 1. The van der Waals surface area contributed by atoms with Crippen LogP contribution in [0.2, 0.25) is 0 Å². The molecule has 2 N–H and O–H groups in total. The summed E-state index contributed by atoms with van der Waals surface area (Å²) >= 11 is 0. The van der Waals surface area contributed by atoms with Gasteiger partial charge < -0.3 is 14.8 Å². The monoisotopic (exact) mass is 491 g/mol. The van der Waals surface area contributed by atoms with Crippen LogP contribution in [0.4, 0.5) is 0 Å². The zero-order valence-corrected chi connectivity index (χ0v) is 21.7. The van der Waals surface area contributed by atoms with Gasteiger partial charge in [-0.2, -0.15) is 0 Å². The fourth-order valence-corrected chi connectivity index (χ4v) is 7.36. The van der Waals surface area contributed by atoms with Crippen molar-refractivity contribution in [1.29, 1.82) is 0 Å². The number of nitrogens with one attached hydrogen (secondary N) is 2. The molecule has 194 valence electrons. The Kier molecular flexibility index (Phi) is 5.86. The van der Waals surface area contributed by atoms with E-state index in [0.29, 0.717) is 23.5 Å². The molecular weight excluding hydrogens is 450 g/mol. The molecule has 4 aliphatic heterocycles. The van der Waals surface area contributed by atoms with Crippen molar-refractivity contribution in [3.63, 3.8) is 0 Å². The average molecular weight is 492 g/mol. The highest BCUT2D eigenvalue weighted by Crippen LogP contribution is 2.48. The molecule has 1 aromatic heterocycles. The largest absolute Gasteiger partial charge is 0.351 e. The predicted molar refractivity (Wildman–Crippen MR) is 142 cm³/mol. The lowest BCUT2D eigenvalue weighted by Gasteiger charge is -2.39. The number of hydrazine groups is 1. The Morgan fingerprint density at radius 1 is 1.00 bits per heavy atom. The number of rotatable bonds is 4. The number of benzene rings is 1. The first-order valence-corrected chi connectivity index (χ1v) is 14.1. The molecule has 1 amide bonds. The van der Waals surface area contributed by atoms with Crippen molar-refractivity contribution in [2.24, 2.45) is 5.92 Å². The van der Waals surface area contributed by atoms with E-state index in [4.69, 9.17) is 0 Å². The van der Waals surface area contributed by atoms with E-state index in [1.807, 2.05) is 24.3 Å². The Hall–Kier alpha value is -1.97. The van der Waals surface area contributed by atoms with E-state index in [1.165, 1.54) is 58.5 Å².